The molecule has 2 amide bonds. The first-order valence-electron chi connectivity index (χ1n) is 8.61. The van der Waals surface area contributed by atoms with Gasteiger partial charge in [-0.1, -0.05) is 37.0 Å². The van der Waals surface area contributed by atoms with Gasteiger partial charge >= 0.3 is 6.03 Å². The third-order valence-electron chi connectivity index (χ3n) is 4.55. The summed E-state index contributed by atoms with van der Waals surface area (Å²) in [5, 5.41) is 4.05. The fourth-order valence-electron chi connectivity index (χ4n) is 3.12. The first-order valence-corrected chi connectivity index (χ1v) is 9.74. The first kappa shape index (κ1) is 20.0. The first-order chi connectivity index (χ1) is 12.8. The van der Waals surface area contributed by atoms with Crippen LogP contribution in [0.5, 0.6) is 0 Å². The Kier molecular flexibility index (Phi) is 6.29. The molecule has 27 heavy (non-hydrogen) atoms. The lowest BCUT2D eigenvalue weighted by Gasteiger charge is -2.43. The molecule has 0 saturated carbocycles. The van der Waals surface area contributed by atoms with E-state index in [-0.39, 0.29) is 23.3 Å². The van der Waals surface area contributed by atoms with Gasteiger partial charge in [0.15, 0.2) is 0 Å². The monoisotopic (exact) mass is 427 g/mol. The van der Waals surface area contributed by atoms with E-state index in [0.29, 0.717) is 35.4 Å². The van der Waals surface area contributed by atoms with Gasteiger partial charge in [-0.05, 0) is 41.8 Å². The molecule has 1 saturated heterocycles. The van der Waals surface area contributed by atoms with Crippen molar-refractivity contribution in [1.29, 1.82) is 0 Å². The van der Waals surface area contributed by atoms with Crippen LogP contribution in [0.1, 0.15) is 13.8 Å². The van der Waals surface area contributed by atoms with Gasteiger partial charge in [-0.25, -0.2) is 14.8 Å². The summed E-state index contributed by atoms with van der Waals surface area (Å²) < 4.78 is 0. The van der Waals surface area contributed by atoms with E-state index in [2.05, 4.69) is 34.0 Å². The van der Waals surface area contributed by atoms with Gasteiger partial charge in [-0.15, -0.1) is 0 Å². The molecule has 2 aromatic rings. The SMILES string of the molecule is CC(C)C1CN(c2ccnc(Cl)n2)CCN1C(=O)Nc1cc(Cl)ccc1Cl. The van der Waals surface area contributed by atoms with Crippen molar-refractivity contribution in [2.45, 2.75) is 19.9 Å². The van der Waals surface area contributed by atoms with Crippen LogP contribution < -0.4 is 10.2 Å². The Hall–Kier alpha value is -1.76. The molecule has 9 heteroatoms. The molecule has 144 valence electrons. The van der Waals surface area contributed by atoms with Crippen LogP contribution in [0, 0.1) is 5.92 Å². The zero-order valence-electron chi connectivity index (χ0n) is 15.0. The molecule has 2 heterocycles. The third kappa shape index (κ3) is 4.75. The predicted molar refractivity (Wildman–Crippen MR) is 110 cm³/mol. The number of hydrogen-bond acceptors (Lipinski definition) is 4. The number of anilines is 2. The van der Waals surface area contributed by atoms with E-state index < -0.39 is 0 Å². The molecule has 1 aromatic heterocycles. The van der Waals surface area contributed by atoms with Crippen LogP contribution in [0.25, 0.3) is 0 Å². The number of amides is 2. The van der Waals surface area contributed by atoms with Crippen LogP contribution in [0.2, 0.25) is 15.3 Å². The van der Waals surface area contributed by atoms with Crippen molar-refractivity contribution in [1.82, 2.24) is 14.9 Å². The molecule has 6 nitrogen and oxygen atoms in total. The maximum absolute atomic E-state index is 12.9. The van der Waals surface area contributed by atoms with E-state index >= 15 is 0 Å². The average molecular weight is 429 g/mol. The molecular weight excluding hydrogens is 409 g/mol. The lowest BCUT2D eigenvalue weighted by Crippen LogP contribution is -2.58. The number of piperazine rings is 1. The Morgan fingerprint density at radius 1 is 1.22 bits per heavy atom. The maximum Gasteiger partial charge on any atom is 0.322 e. The summed E-state index contributed by atoms with van der Waals surface area (Å²) in [7, 11) is 0. The summed E-state index contributed by atoms with van der Waals surface area (Å²) >= 11 is 18.1. The van der Waals surface area contributed by atoms with Crippen molar-refractivity contribution in [3.63, 3.8) is 0 Å². The Morgan fingerprint density at radius 3 is 2.70 bits per heavy atom. The minimum absolute atomic E-state index is 0.00505. The smallest absolute Gasteiger partial charge is 0.322 e. The summed E-state index contributed by atoms with van der Waals surface area (Å²) in [5.41, 5.74) is 0.502. The zero-order valence-corrected chi connectivity index (χ0v) is 17.3. The van der Waals surface area contributed by atoms with Gasteiger partial charge < -0.3 is 15.1 Å². The summed E-state index contributed by atoms with van der Waals surface area (Å²) in [6.45, 7) is 6.03. The molecule has 0 spiro atoms. The summed E-state index contributed by atoms with van der Waals surface area (Å²) in [6.07, 6.45) is 1.63. The number of hydrogen-bond donors (Lipinski definition) is 1. The Labute approximate surface area is 173 Å². The highest BCUT2D eigenvalue weighted by Crippen LogP contribution is 2.27. The van der Waals surface area contributed by atoms with Gasteiger partial charge in [0, 0.05) is 30.9 Å². The number of carbonyl (C=O) groups excluding carboxylic acids is 1. The van der Waals surface area contributed by atoms with Crippen LogP contribution in [0.15, 0.2) is 30.5 Å². The molecule has 0 radical (unpaired) electrons. The second-order valence-electron chi connectivity index (χ2n) is 6.69. The third-order valence-corrected chi connectivity index (χ3v) is 5.30. The minimum Gasteiger partial charge on any atom is -0.353 e. The molecular formula is C18H20Cl3N5O. The van der Waals surface area contributed by atoms with Crippen molar-refractivity contribution in [3.8, 4) is 0 Å². The van der Waals surface area contributed by atoms with Gasteiger partial charge in [0.2, 0.25) is 5.28 Å². The topological polar surface area (TPSA) is 61.4 Å². The van der Waals surface area contributed by atoms with Crippen LogP contribution in [0.4, 0.5) is 16.3 Å². The van der Waals surface area contributed by atoms with E-state index in [1.807, 2.05) is 11.0 Å². The van der Waals surface area contributed by atoms with Gasteiger partial charge in [0.1, 0.15) is 5.82 Å². The Balaban J connectivity index is 1.75. The molecule has 0 aliphatic carbocycles. The van der Waals surface area contributed by atoms with Gasteiger partial charge in [-0.2, -0.15) is 0 Å². The number of rotatable bonds is 3. The number of aromatic nitrogens is 2. The largest absolute Gasteiger partial charge is 0.353 e. The summed E-state index contributed by atoms with van der Waals surface area (Å²) in [4.78, 5) is 25.0. The number of halogens is 3. The molecule has 1 N–H and O–H groups in total. The number of carbonyl (C=O) groups is 1. The van der Waals surface area contributed by atoms with Crippen LogP contribution in [-0.2, 0) is 0 Å². The van der Waals surface area contributed by atoms with E-state index in [1.54, 1.807) is 24.4 Å². The summed E-state index contributed by atoms with van der Waals surface area (Å²) in [6, 6.07) is 6.62. The lowest BCUT2D eigenvalue weighted by molar-refractivity contribution is 0.156. The number of nitrogens with one attached hydrogen (secondary N) is 1. The minimum atomic E-state index is -0.196. The van der Waals surface area contributed by atoms with Crippen molar-refractivity contribution in [2.24, 2.45) is 5.92 Å². The molecule has 3 rings (SSSR count). The van der Waals surface area contributed by atoms with Crippen molar-refractivity contribution in [3.05, 3.63) is 45.8 Å². The molecule has 1 atom stereocenters. The fraction of sp³-hybridized carbons (Fsp3) is 0.389. The van der Waals surface area contributed by atoms with E-state index in [1.165, 1.54) is 0 Å². The standard InChI is InChI=1S/C18H20Cl3N5O/c1-11(2)15-10-25(16-5-6-22-17(21)24-16)7-8-26(15)18(27)23-14-9-12(19)3-4-13(14)20/h3-6,9,11,15H,7-8,10H2,1-2H3,(H,23,27). The van der Waals surface area contributed by atoms with Gasteiger partial charge in [-0.3, -0.25) is 0 Å². The quantitative estimate of drug-likeness (QED) is 0.712. The molecule has 1 fully saturated rings. The highest BCUT2D eigenvalue weighted by molar-refractivity contribution is 6.35. The van der Waals surface area contributed by atoms with E-state index in [4.69, 9.17) is 34.8 Å². The molecule has 1 aliphatic rings. The zero-order chi connectivity index (χ0) is 19.6. The average Bonchev–Trinajstić information content (AvgIpc) is 2.64. The highest BCUT2D eigenvalue weighted by Gasteiger charge is 2.33. The fourth-order valence-corrected chi connectivity index (χ4v) is 3.60. The van der Waals surface area contributed by atoms with Crippen molar-refractivity contribution in [2.75, 3.05) is 29.9 Å². The summed E-state index contributed by atoms with van der Waals surface area (Å²) in [5.74, 6) is 1.02. The second-order valence-corrected chi connectivity index (χ2v) is 7.87. The molecule has 1 unspecified atom stereocenters. The van der Waals surface area contributed by atoms with Crippen molar-refractivity contribution >= 4 is 52.3 Å². The predicted octanol–water partition coefficient (Wildman–Crippen LogP) is 4.82. The lowest BCUT2D eigenvalue weighted by atomic mass is 10.00. The van der Waals surface area contributed by atoms with E-state index in [9.17, 15) is 4.79 Å². The molecule has 1 aromatic carbocycles. The van der Waals surface area contributed by atoms with Gasteiger partial charge in [0.05, 0.1) is 16.8 Å². The van der Waals surface area contributed by atoms with Gasteiger partial charge in [0.25, 0.3) is 0 Å². The number of nitrogens with zero attached hydrogens (tertiary/aromatic N) is 4. The molecule has 1 aliphatic heterocycles. The number of urea groups is 1. The van der Waals surface area contributed by atoms with Crippen LogP contribution in [0.3, 0.4) is 0 Å². The normalized spacial score (nSPS) is 17.3. The second kappa shape index (κ2) is 8.50. The van der Waals surface area contributed by atoms with Crippen LogP contribution >= 0.6 is 34.8 Å². The highest BCUT2D eigenvalue weighted by atomic mass is 35.5. The van der Waals surface area contributed by atoms with E-state index in [0.717, 1.165) is 5.82 Å². The Bertz CT molecular complexity index is 832. The van der Waals surface area contributed by atoms with Crippen LogP contribution in [-0.4, -0.2) is 46.6 Å². The Morgan fingerprint density at radius 2 is 2.00 bits per heavy atom. The molecule has 0 bridgehead atoms. The maximum atomic E-state index is 12.9. The number of benzene rings is 1. The van der Waals surface area contributed by atoms with Crippen molar-refractivity contribution < 1.29 is 4.79 Å².